The molecule has 1 aliphatic heterocycles. The molecule has 0 bridgehead atoms. The first-order chi connectivity index (χ1) is 15.1. The van der Waals surface area contributed by atoms with E-state index in [-0.39, 0.29) is 12.5 Å². The molecule has 0 saturated carbocycles. The van der Waals surface area contributed by atoms with Crippen LogP contribution in [0.3, 0.4) is 0 Å². The number of ether oxygens (including phenoxy) is 1. The number of para-hydroxylation sites is 1. The molecule has 1 aliphatic rings. The van der Waals surface area contributed by atoms with Gasteiger partial charge in [-0.25, -0.2) is 5.43 Å². The van der Waals surface area contributed by atoms with Gasteiger partial charge in [0, 0.05) is 18.8 Å². The van der Waals surface area contributed by atoms with Crippen LogP contribution in [-0.4, -0.2) is 48.5 Å². The molecule has 31 heavy (non-hydrogen) atoms. The van der Waals surface area contributed by atoms with Gasteiger partial charge in [-0.2, -0.15) is 5.10 Å². The number of carbonyl (C=O) groups is 3. The molecule has 2 aromatic carbocycles. The average molecular weight is 422 g/mol. The molecule has 0 atom stereocenters. The summed E-state index contributed by atoms with van der Waals surface area (Å²) in [6.07, 6.45) is 5.46. The number of nitrogens with one attached hydrogen (secondary N) is 2. The summed E-state index contributed by atoms with van der Waals surface area (Å²) in [5, 5.41) is 6.60. The minimum Gasteiger partial charge on any atom is -0.484 e. The summed E-state index contributed by atoms with van der Waals surface area (Å²) >= 11 is 0. The minimum absolute atomic E-state index is 0.114. The van der Waals surface area contributed by atoms with Gasteiger partial charge in [-0.05, 0) is 54.8 Å². The number of anilines is 1. The highest BCUT2D eigenvalue weighted by atomic mass is 16.5. The predicted molar refractivity (Wildman–Crippen MR) is 118 cm³/mol. The largest absolute Gasteiger partial charge is 0.484 e. The Kier molecular flexibility index (Phi) is 8.16. The minimum atomic E-state index is -0.734. The van der Waals surface area contributed by atoms with Crippen molar-refractivity contribution in [1.82, 2.24) is 10.3 Å². The summed E-state index contributed by atoms with van der Waals surface area (Å²) in [5.74, 6) is -1.01. The highest BCUT2D eigenvalue weighted by molar-refractivity contribution is 6.35. The maximum absolute atomic E-state index is 12.2. The average Bonchev–Trinajstić information content (AvgIpc) is 3.08. The molecule has 0 aromatic heterocycles. The monoisotopic (exact) mass is 422 g/mol. The molecule has 0 radical (unpaired) electrons. The van der Waals surface area contributed by atoms with E-state index in [4.69, 9.17) is 4.74 Å². The first kappa shape index (κ1) is 22.0. The standard InChI is InChI=1S/C23H26N4O4/c28-21(25-19-8-4-3-5-9-19)17-31-20-12-10-18(11-13-20)16-24-26-22(29)23(30)27-14-6-1-2-7-15-27/h3-5,8-13,16H,1-2,6-7,14-15,17H2,(H,25,28)(H,26,29)/b24-16-. The van der Waals surface area contributed by atoms with Crippen LogP contribution in [0.1, 0.15) is 31.2 Å². The van der Waals surface area contributed by atoms with Crippen LogP contribution >= 0.6 is 0 Å². The second-order valence-electron chi connectivity index (χ2n) is 7.18. The molecule has 2 N–H and O–H groups in total. The summed E-state index contributed by atoms with van der Waals surface area (Å²) in [7, 11) is 0. The molecule has 3 amide bonds. The van der Waals surface area contributed by atoms with Crippen molar-refractivity contribution in [2.75, 3.05) is 25.0 Å². The van der Waals surface area contributed by atoms with Crippen molar-refractivity contribution in [2.45, 2.75) is 25.7 Å². The zero-order chi connectivity index (χ0) is 21.9. The van der Waals surface area contributed by atoms with E-state index >= 15 is 0 Å². The molecular formula is C23H26N4O4. The Morgan fingerprint density at radius 1 is 0.935 bits per heavy atom. The van der Waals surface area contributed by atoms with Crippen LogP contribution in [0.15, 0.2) is 59.7 Å². The second-order valence-corrected chi connectivity index (χ2v) is 7.18. The Bertz CT molecular complexity index is 905. The lowest BCUT2D eigenvalue weighted by Crippen LogP contribution is -2.41. The van der Waals surface area contributed by atoms with Gasteiger partial charge in [-0.1, -0.05) is 31.0 Å². The van der Waals surface area contributed by atoms with Crippen LogP contribution in [0.5, 0.6) is 5.75 Å². The van der Waals surface area contributed by atoms with Crippen LogP contribution in [0, 0.1) is 0 Å². The van der Waals surface area contributed by atoms with Crippen molar-refractivity contribution in [3.05, 3.63) is 60.2 Å². The number of hydrazone groups is 1. The van der Waals surface area contributed by atoms with E-state index in [0.29, 0.717) is 30.1 Å². The first-order valence-electron chi connectivity index (χ1n) is 10.3. The van der Waals surface area contributed by atoms with E-state index < -0.39 is 11.8 Å². The number of hydrogen-bond acceptors (Lipinski definition) is 5. The molecule has 8 heteroatoms. The molecule has 1 saturated heterocycles. The molecule has 8 nitrogen and oxygen atoms in total. The van der Waals surface area contributed by atoms with E-state index in [1.165, 1.54) is 6.21 Å². The van der Waals surface area contributed by atoms with Crippen LogP contribution < -0.4 is 15.5 Å². The molecule has 1 heterocycles. The van der Waals surface area contributed by atoms with Crippen molar-refractivity contribution in [3.63, 3.8) is 0 Å². The van der Waals surface area contributed by atoms with Crippen molar-refractivity contribution in [3.8, 4) is 5.75 Å². The van der Waals surface area contributed by atoms with Crippen molar-refractivity contribution in [1.29, 1.82) is 0 Å². The number of benzene rings is 2. The van der Waals surface area contributed by atoms with Gasteiger partial charge in [-0.3, -0.25) is 14.4 Å². The van der Waals surface area contributed by atoms with E-state index in [9.17, 15) is 14.4 Å². The van der Waals surface area contributed by atoms with E-state index in [2.05, 4.69) is 15.8 Å². The predicted octanol–water partition coefficient (Wildman–Crippen LogP) is 2.56. The van der Waals surface area contributed by atoms with Crippen molar-refractivity contribution in [2.24, 2.45) is 5.10 Å². The Hall–Kier alpha value is -3.68. The third-order valence-electron chi connectivity index (χ3n) is 4.77. The summed E-state index contributed by atoms with van der Waals surface area (Å²) in [5.41, 5.74) is 3.70. The quantitative estimate of drug-likeness (QED) is 0.424. The number of amides is 3. The molecule has 162 valence electrons. The van der Waals surface area contributed by atoms with Gasteiger partial charge in [0.1, 0.15) is 5.75 Å². The molecule has 2 aromatic rings. The fourth-order valence-electron chi connectivity index (χ4n) is 3.15. The lowest BCUT2D eigenvalue weighted by molar-refractivity contribution is -0.145. The SMILES string of the molecule is O=C(COc1ccc(/C=N\NC(=O)C(=O)N2CCCCCC2)cc1)Nc1ccccc1. The number of likely N-dealkylation sites (tertiary alicyclic amines) is 1. The molecule has 3 rings (SSSR count). The van der Waals surface area contributed by atoms with Crippen LogP contribution in [0.2, 0.25) is 0 Å². The van der Waals surface area contributed by atoms with Gasteiger partial charge >= 0.3 is 11.8 Å². The van der Waals surface area contributed by atoms with Gasteiger partial charge in [-0.15, -0.1) is 0 Å². The van der Waals surface area contributed by atoms with Crippen LogP contribution in [0.25, 0.3) is 0 Å². The summed E-state index contributed by atoms with van der Waals surface area (Å²) in [6, 6.07) is 16.0. The maximum atomic E-state index is 12.2. The van der Waals surface area contributed by atoms with Gasteiger partial charge in [0.05, 0.1) is 6.21 Å². The third kappa shape index (κ3) is 7.26. The number of carbonyl (C=O) groups excluding carboxylic acids is 3. The maximum Gasteiger partial charge on any atom is 0.329 e. The molecule has 0 spiro atoms. The highest BCUT2D eigenvalue weighted by Crippen LogP contribution is 2.12. The topological polar surface area (TPSA) is 100 Å². The Morgan fingerprint density at radius 2 is 1.61 bits per heavy atom. The number of rotatable bonds is 6. The van der Waals surface area contributed by atoms with Gasteiger partial charge < -0.3 is 15.0 Å². The Morgan fingerprint density at radius 3 is 2.29 bits per heavy atom. The van der Waals surface area contributed by atoms with Gasteiger partial charge in [0.2, 0.25) is 0 Å². The second kappa shape index (κ2) is 11.5. The third-order valence-corrected chi connectivity index (χ3v) is 4.77. The van der Waals surface area contributed by atoms with Gasteiger partial charge in [0.15, 0.2) is 6.61 Å². The van der Waals surface area contributed by atoms with Gasteiger partial charge in [0.25, 0.3) is 5.91 Å². The Labute approximate surface area is 181 Å². The van der Waals surface area contributed by atoms with Crippen molar-refractivity contribution >= 4 is 29.6 Å². The first-order valence-corrected chi connectivity index (χ1v) is 10.3. The lowest BCUT2D eigenvalue weighted by atomic mass is 10.2. The van der Waals surface area contributed by atoms with E-state index in [0.717, 1.165) is 25.7 Å². The molecule has 0 aliphatic carbocycles. The summed E-state index contributed by atoms with van der Waals surface area (Å²) in [4.78, 5) is 37.7. The molecular weight excluding hydrogens is 396 g/mol. The molecule has 0 unspecified atom stereocenters. The van der Waals surface area contributed by atoms with Crippen LogP contribution in [0.4, 0.5) is 5.69 Å². The van der Waals surface area contributed by atoms with Crippen molar-refractivity contribution < 1.29 is 19.1 Å². The fourth-order valence-corrected chi connectivity index (χ4v) is 3.15. The number of nitrogens with zero attached hydrogens (tertiary/aromatic N) is 2. The fraction of sp³-hybridized carbons (Fsp3) is 0.304. The Balaban J connectivity index is 1.42. The zero-order valence-electron chi connectivity index (χ0n) is 17.3. The van der Waals surface area contributed by atoms with E-state index in [1.54, 1.807) is 41.3 Å². The lowest BCUT2D eigenvalue weighted by Gasteiger charge is -2.18. The highest BCUT2D eigenvalue weighted by Gasteiger charge is 2.22. The summed E-state index contributed by atoms with van der Waals surface area (Å²) in [6.45, 7) is 1.11. The normalized spacial score (nSPS) is 14.0. The number of hydrogen-bond donors (Lipinski definition) is 2. The molecule has 1 fully saturated rings. The van der Waals surface area contributed by atoms with Crippen LogP contribution in [-0.2, 0) is 14.4 Å². The smallest absolute Gasteiger partial charge is 0.329 e. The van der Waals surface area contributed by atoms with E-state index in [1.807, 2.05) is 18.2 Å². The zero-order valence-corrected chi connectivity index (χ0v) is 17.3. The summed E-state index contributed by atoms with van der Waals surface area (Å²) < 4.78 is 5.47.